The first kappa shape index (κ1) is 21.4. The zero-order valence-electron chi connectivity index (χ0n) is 16.5. The van der Waals surface area contributed by atoms with Gasteiger partial charge in [0.2, 0.25) is 5.91 Å². The molecule has 0 radical (unpaired) electrons. The zero-order valence-corrected chi connectivity index (χ0v) is 16.5. The van der Waals surface area contributed by atoms with Crippen LogP contribution in [0.15, 0.2) is 30.5 Å². The van der Waals surface area contributed by atoms with Gasteiger partial charge in [-0.2, -0.15) is 5.26 Å². The summed E-state index contributed by atoms with van der Waals surface area (Å²) >= 11 is 0. The van der Waals surface area contributed by atoms with Crippen molar-refractivity contribution in [2.24, 2.45) is 0 Å². The molecule has 1 aromatic carbocycles. The summed E-state index contributed by atoms with van der Waals surface area (Å²) in [4.78, 5) is 30.0. The van der Waals surface area contributed by atoms with E-state index in [1.807, 2.05) is 0 Å². The fraction of sp³-hybridized carbons (Fsp3) is 0.429. The molecule has 1 aliphatic rings. The van der Waals surface area contributed by atoms with Crippen LogP contribution in [0, 0.1) is 11.3 Å². The molecule has 9 heteroatoms. The number of alkyl halides is 2. The number of amides is 2. The van der Waals surface area contributed by atoms with E-state index in [4.69, 9.17) is 10.00 Å². The molecule has 2 amide bonds. The lowest BCUT2D eigenvalue weighted by Crippen LogP contribution is -2.43. The molecule has 1 N–H and O–H groups in total. The van der Waals surface area contributed by atoms with Crippen LogP contribution in [-0.4, -0.2) is 53.4 Å². The lowest BCUT2D eigenvalue weighted by atomic mass is 10.1. The topological polar surface area (TPSA) is 95.3 Å². The van der Waals surface area contributed by atoms with Gasteiger partial charge in [0.25, 0.3) is 11.8 Å². The van der Waals surface area contributed by atoms with Gasteiger partial charge in [0, 0.05) is 18.0 Å². The number of likely N-dealkylation sites (tertiary alicyclic amines) is 1. The normalized spacial score (nSPS) is 17.5. The van der Waals surface area contributed by atoms with Gasteiger partial charge in [-0.15, -0.1) is 0 Å². The summed E-state index contributed by atoms with van der Waals surface area (Å²) in [5.74, 6) is -3.77. The standard InChI is InChI=1S/C21H22F2N4O3/c1-2-3-8-30-15-4-5-18-17(9-15)16(6-7-25-18)20(29)26-12-19(28)27-13-21(22,23)10-14(27)11-24/h4-7,9,14H,2-3,8,10,12-13H2,1H3,(H,26,29). The molecule has 2 aromatic rings. The van der Waals surface area contributed by atoms with Crippen molar-refractivity contribution in [1.82, 2.24) is 15.2 Å². The molecule has 1 unspecified atom stereocenters. The summed E-state index contributed by atoms with van der Waals surface area (Å²) in [6.07, 6.45) is 2.68. The van der Waals surface area contributed by atoms with E-state index in [1.54, 1.807) is 24.3 Å². The SMILES string of the molecule is CCCCOc1ccc2nccc(C(=O)NCC(=O)N3CC(F)(F)CC3C#N)c2c1. The van der Waals surface area contributed by atoms with Crippen molar-refractivity contribution in [3.63, 3.8) is 0 Å². The third kappa shape index (κ3) is 4.82. The molecule has 1 atom stereocenters. The van der Waals surface area contributed by atoms with Crippen LogP contribution in [0.25, 0.3) is 10.9 Å². The molecular formula is C21H22F2N4O3. The number of aromatic nitrogens is 1. The average molecular weight is 416 g/mol. The molecule has 2 heterocycles. The Hall–Kier alpha value is -3.28. The number of pyridine rings is 1. The van der Waals surface area contributed by atoms with E-state index in [0.717, 1.165) is 17.7 Å². The van der Waals surface area contributed by atoms with Crippen LogP contribution < -0.4 is 10.1 Å². The van der Waals surface area contributed by atoms with E-state index < -0.39 is 43.3 Å². The van der Waals surface area contributed by atoms with Crippen molar-refractivity contribution in [3.8, 4) is 11.8 Å². The molecule has 0 bridgehead atoms. The largest absolute Gasteiger partial charge is 0.494 e. The van der Waals surface area contributed by atoms with Gasteiger partial charge in [-0.25, -0.2) is 8.78 Å². The van der Waals surface area contributed by atoms with Crippen LogP contribution in [0.4, 0.5) is 8.78 Å². The quantitative estimate of drug-likeness (QED) is 0.701. The molecule has 1 saturated heterocycles. The molecule has 1 aromatic heterocycles. The summed E-state index contributed by atoms with van der Waals surface area (Å²) < 4.78 is 32.7. The molecule has 0 spiro atoms. The lowest BCUT2D eigenvalue weighted by molar-refractivity contribution is -0.131. The first-order valence-electron chi connectivity index (χ1n) is 9.71. The van der Waals surface area contributed by atoms with Crippen LogP contribution in [0.2, 0.25) is 0 Å². The number of hydrogen-bond acceptors (Lipinski definition) is 5. The van der Waals surface area contributed by atoms with Crippen molar-refractivity contribution < 1.29 is 23.1 Å². The Morgan fingerprint density at radius 3 is 2.93 bits per heavy atom. The van der Waals surface area contributed by atoms with E-state index in [2.05, 4.69) is 17.2 Å². The van der Waals surface area contributed by atoms with Gasteiger partial charge in [0.05, 0.1) is 36.8 Å². The number of ether oxygens (including phenoxy) is 1. The van der Waals surface area contributed by atoms with Crippen molar-refractivity contribution in [3.05, 3.63) is 36.0 Å². The number of rotatable bonds is 7. The van der Waals surface area contributed by atoms with Gasteiger partial charge < -0.3 is 15.0 Å². The molecule has 1 aliphatic heterocycles. The Kier molecular flexibility index (Phi) is 6.45. The Morgan fingerprint density at radius 2 is 2.20 bits per heavy atom. The van der Waals surface area contributed by atoms with Gasteiger partial charge in [-0.1, -0.05) is 13.3 Å². The maximum Gasteiger partial charge on any atom is 0.268 e. The molecule has 0 saturated carbocycles. The Balaban J connectivity index is 1.71. The molecule has 1 fully saturated rings. The highest BCUT2D eigenvalue weighted by Crippen LogP contribution is 2.31. The molecule has 0 aliphatic carbocycles. The number of nitrogens with zero attached hydrogens (tertiary/aromatic N) is 3. The number of fused-ring (bicyclic) bond motifs is 1. The second-order valence-corrected chi connectivity index (χ2v) is 7.15. The summed E-state index contributed by atoms with van der Waals surface area (Å²) in [6, 6.07) is 7.24. The van der Waals surface area contributed by atoms with E-state index in [1.165, 1.54) is 12.3 Å². The predicted octanol–water partition coefficient (Wildman–Crippen LogP) is 2.90. The van der Waals surface area contributed by atoms with Crippen molar-refractivity contribution in [2.75, 3.05) is 19.7 Å². The minimum absolute atomic E-state index is 0.289. The summed E-state index contributed by atoms with van der Waals surface area (Å²) in [5, 5.41) is 12.0. The third-order valence-corrected chi connectivity index (χ3v) is 4.86. The lowest BCUT2D eigenvalue weighted by Gasteiger charge is -2.19. The van der Waals surface area contributed by atoms with Gasteiger partial charge in [0.1, 0.15) is 11.8 Å². The average Bonchev–Trinajstić information content (AvgIpc) is 3.06. The fourth-order valence-corrected chi connectivity index (χ4v) is 3.29. The molecule has 158 valence electrons. The smallest absolute Gasteiger partial charge is 0.268 e. The van der Waals surface area contributed by atoms with E-state index in [-0.39, 0.29) is 5.56 Å². The van der Waals surface area contributed by atoms with Gasteiger partial charge in [-0.3, -0.25) is 14.6 Å². The summed E-state index contributed by atoms with van der Waals surface area (Å²) in [7, 11) is 0. The molecular weight excluding hydrogens is 394 g/mol. The zero-order chi connectivity index (χ0) is 21.7. The molecule has 7 nitrogen and oxygen atoms in total. The number of carbonyl (C=O) groups is 2. The highest BCUT2D eigenvalue weighted by molar-refractivity contribution is 6.07. The Bertz CT molecular complexity index is 990. The third-order valence-electron chi connectivity index (χ3n) is 4.86. The van der Waals surface area contributed by atoms with Crippen molar-refractivity contribution >= 4 is 22.7 Å². The highest BCUT2D eigenvalue weighted by Gasteiger charge is 2.47. The summed E-state index contributed by atoms with van der Waals surface area (Å²) in [5.41, 5.74) is 0.873. The number of nitriles is 1. The van der Waals surface area contributed by atoms with Crippen LogP contribution in [-0.2, 0) is 4.79 Å². The monoisotopic (exact) mass is 416 g/mol. The fourth-order valence-electron chi connectivity index (χ4n) is 3.29. The summed E-state index contributed by atoms with van der Waals surface area (Å²) in [6.45, 7) is 1.30. The number of hydrogen-bond donors (Lipinski definition) is 1. The molecule has 3 rings (SSSR count). The predicted molar refractivity (Wildman–Crippen MR) is 105 cm³/mol. The van der Waals surface area contributed by atoms with Crippen LogP contribution >= 0.6 is 0 Å². The van der Waals surface area contributed by atoms with E-state index in [9.17, 15) is 18.4 Å². The van der Waals surface area contributed by atoms with E-state index in [0.29, 0.717) is 23.3 Å². The van der Waals surface area contributed by atoms with E-state index >= 15 is 0 Å². The van der Waals surface area contributed by atoms with Crippen LogP contribution in [0.3, 0.4) is 0 Å². The first-order chi connectivity index (χ1) is 14.3. The van der Waals surface area contributed by atoms with Crippen LogP contribution in [0.1, 0.15) is 36.5 Å². The van der Waals surface area contributed by atoms with Crippen molar-refractivity contribution in [2.45, 2.75) is 38.2 Å². The highest BCUT2D eigenvalue weighted by atomic mass is 19.3. The second kappa shape index (κ2) is 9.03. The number of nitrogens with one attached hydrogen (secondary N) is 1. The maximum absolute atomic E-state index is 13.5. The van der Waals surface area contributed by atoms with Crippen LogP contribution in [0.5, 0.6) is 5.75 Å². The molecule has 30 heavy (non-hydrogen) atoms. The number of carbonyl (C=O) groups excluding carboxylic acids is 2. The first-order valence-corrected chi connectivity index (χ1v) is 9.71. The second-order valence-electron chi connectivity index (χ2n) is 7.15. The van der Waals surface area contributed by atoms with Gasteiger partial charge >= 0.3 is 0 Å². The maximum atomic E-state index is 13.5. The minimum atomic E-state index is -3.10. The minimum Gasteiger partial charge on any atom is -0.494 e. The number of benzene rings is 1. The number of halogens is 2. The Labute approximate surface area is 172 Å². The Morgan fingerprint density at radius 1 is 1.40 bits per heavy atom. The van der Waals surface area contributed by atoms with Gasteiger partial charge in [-0.05, 0) is 30.7 Å². The van der Waals surface area contributed by atoms with Gasteiger partial charge in [0.15, 0.2) is 0 Å². The number of unbranched alkanes of at least 4 members (excludes halogenated alkanes) is 1. The van der Waals surface area contributed by atoms with Crippen molar-refractivity contribution in [1.29, 1.82) is 5.26 Å².